The number of benzene rings is 3. The summed E-state index contributed by atoms with van der Waals surface area (Å²) in [5, 5.41) is 23.0. The highest BCUT2D eigenvalue weighted by Gasteiger charge is 2.13. The van der Waals surface area contributed by atoms with Gasteiger partial charge in [0.25, 0.3) is 0 Å². The third kappa shape index (κ3) is 9.51. The van der Waals surface area contributed by atoms with Gasteiger partial charge in [0.2, 0.25) is 0 Å². The summed E-state index contributed by atoms with van der Waals surface area (Å²) < 4.78 is 5.76. The Hall–Kier alpha value is -2.61. The molecule has 0 heterocycles. The highest BCUT2D eigenvalue weighted by atomic mass is 35.5. The van der Waals surface area contributed by atoms with Gasteiger partial charge >= 0.3 is 5.97 Å². The van der Waals surface area contributed by atoms with Gasteiger partial charge in [-0.25, -0.2) is 4.79 Å². The van der Waals surface area contributed by atoms with E-state index in [1.165, 1.54) is 5.56 Å². The summed E-state index contributed by atoms with van der Waals surface area (Å²) in [6, 6.07) is 23.0. The fraction of sp³-hybridized carbons (Fsp3) is 0.296. The summed E-state index contributed by atoms with van der Waals surface area (Å²) in [4.78, 5) is 13.5. The summed E-state index contributed by atoms with van der Waals surface area (Å²) in [5.74, 6) is -0.617. The standard InChI is InChI=1S/C27H32N2O4.2ClH/c1-29(2)16-17-33-26-18-23(12-13-24(26)27(31)32)21-10-8-20(9-11-21)14-15-28-19-25(30)22-6-4-3-5-7-22;;/h3-13,18,25,28,30H,14-17,19H2,1-2H3,(H,31,32);2*1H/t25-;;/m1../s1. The molecule has 3 rings (SSSR count). The Morgan fingerprint density at radius 3 is 2.26 bits per heavy atom. The van der Waals surface area contributed by atoms with Crippen LogP contribution in [0.3, 0.4) is 0 Å². The van der Waals surface area contributed by atoms with Gasteiger partial charge in [0.1, 0.15) is 17.9 Å². The predicted molar refractivity (Wildman–Crippen MR) is 145 cm³/mol. The molecule has 0 amide bonds. The van der Waals surface area contributed by atoms with Crippen LogP contribution in [0.25, 0.3) is 11.1 Å². The molecule has 35 heavy (non-hydrogen) atoms. The normalized spacial score (nSPS) is 11.3. The van der Waals surface area contributed by atoms with Crippen LogP contribution in [0.5, 0.6) is 5.75 Å². The number of carboxylic acids is 1. The monoisotopic (exact) mass is 520 g/mol. The maximum absolute atomic E-state index is 11.5. The lowest BCUT2D eigenvalue weighted by atomic mass is 10.0. The first-order valence-electron chi connectivity index (χ1n) is 11.1. The SMILES string of the molecule is CN(C)CCOc1cc(-c2ccc(CCNC[C@@H](O)c3ccccc3)cc2)ccc1C(=O)O.Cl.Cl. The number of aromatic carboxylic acids is 1. The highest BCUT2D eigenvalue weighted by Crippen LogP contribution is 2.28. The van der Waals surface area contributed by atoms with Gasteiger partial charge in [0, 0.05) is 13.1 Å². The number of carbonyl (C=O) groups is 1. The molecule has 0 unspecified atom stereocenters. The van der Waals surface area contributed by atoms with Crippen molar-refractivity contribution in [1.29, 1.82) is 0 Å². The van der Waals surface area contributed by atoms with Crippen molar-refractivity contribution in [2.75, 3.05) is 40.3 Å². The van der Waals surface area contributed by atoms with Gasteiger partial charge in [-0.05, 0) is 61.4 Å². The number of aliphatic hydroxyl groups excluding tert-OH is 1. The van der Waals surface area contributed by atoms with Crippen LogP contribution in [0.1, 0.15) is 27.6 Å². The van der Waals surface area contributed by atoms with E-state index in [0.29, 0.717) is 25.4 Å². The molecule has 6 nitrogen and oxygen atoms in total. The van der Waals surface area contributed by atoms with E-state index in [4.69, 9.17) is 4.74 Å². The maximum Gasteiger partial charge on any atom is 0.339 e. The van der Waals surface area contributed by atoms with Gasteiger partial charge in [0.05, 0.1) is 6.10 Å². The lowest BCUT2D eigenvalue weighted by Crippen LogP contribution is -2.23. The van der Waals surface area contributed by atoms with Gasteiger partial charge in [0.15, 0.2) is 0 Å². The van der Waals surface area contributed by atoms with Gasteiger partial charge in [-0.2, -0.15) is 0 Å². The number of aliphatic hydroxyl groups is 1. The Morgan fingerprint density at radius 1 is 0.971 bits per heavy atom. The molecule has 0 aliphatic heterocycles. The number of ether oxygens (including phenoxy) is 1. The first-order chi connectivity index (χ1) is 15.9. The van der Waals surface area contributed by atoms with Gasteiger partial charge in [-0.1, -0.05) is 60.7 Å². The molecular weight excluding hydrogens is 487 g/mol. The summed E-state index contributed by atoms with van der Waals surface area (Å²) in [5.41, 5.74) is 4.17. The number of likely N-dealkylation sites (N-methyl/N-ethyl adjacent to an activating group) is 1. The van der Waals surface area contributed by atoms with Crippen molar-refractivity contribution >= 4 is 30.8 Å². The Kier molecular flexibility index (Phi) is 13.4. The number of nitrogens with zero attached hydrogens (tertiary/aromatic N) is 1. The van der Waals surface area contributed by atoms with Crippen molar-refractivity contribution < 1.29 is 19.7 Å². The number of hydrogen-bond donors (Lipinski definition) is 3. The van der Waals surface area contributed by atoms with Crippen LogP contribution in [-0.4, -0.2) is 61.4 Å². The van der Waals surface area contributed by atoms with Gasteiger partial charge < -0.3 is 25.2 Å². The van der Waals surface area contributed by atoms with Crippen LogP contribution < -0.4 is 10.1 Å². The van der Waals surface area contributed by atoms with Crippen LogP contribution in [0.4, 0.5) is 0 Å². The number of hydrogen-bond acceptors (Lipinski definition) is 5. The molecular formula is C27H34Cl2N2O4. The minimum atomic E-state index is -0.998. The molecule has 0 spiro atoms. The van der Waals surface area contributed by atoms with Crippen molar-refractivity contribution in [2.45, 2.75) is 12.5 Å². The molecule has 0 saturated carbocycles. The molecule has 0 saturated heterocycles. The maximum atomic E-state index is 11.5. The second-order valence-electron chi connectivity index (χ2n) is 8.25. The quantitative estimate of drug-likeness (QED) is 0.300. The van der Waals surface area contributed by atoms with Crippen molar-refractivity contribution in [3.05, 3.63) is 89.5 Å². The minimum Gasteiger partial charge on any atom is -0.491 e. The van der Waals surface area contributed by atoms with E-state index in [2.05, 4.69) is 17.4 Å². The fourth-order valence-corrected chi connectivity index (χ4v) is 3.46. The Balaban J connectivity index is 0.00000306. The molecule has 190 valence electrons. The molecule has 0 bridgehead atoms. The van der Waals surface area contributed by atoms with E-state index in [9.17, 15) is 15.0 Å². The molecule has 3 N–H and O–H groups in total. The second-order valence-corrected chi connectivity index (χ2v) is 8.25. The lowest BCUT2D eigenvalue weighted by molar-refractivity contribution is 0.0692. The topological polar surface area (TPSA) is 82.0 Å². The van der Waals surface area contributed by atoms with Crippen LogP contribution in [0, 0.1) is 0 Å². The van der Waals surface area contributed by atoms with Crippen LogP contribution in [0.2, 0.25) is 0 Å². The average molecular weight is 521 g/mol. The Bertz CT molecular complexity index is 1030. The lowest BCUT2D eigenvalue weighted by Gasteiger charge is -2.14. The van der Waals surface area contributed by atoms with Crippen molar-refractivity contribution in [3.8, 4) is 16.9 Å². The van der Waals surface area contributed by atoms with Crippen LogP contribution in [0.15, 0.2) is 72.8 Å². The van der Waals surface area contributed by atoms with Crippen LogP contribution in [-0.2, 0) is 6.42 Å². The van der Waals surface area contributed by atoms with E-state index in [0.717, 1.165) is 29.7 Å². The van der Waals surface area contributed by atoms with E-state index >= 15 is 0 Å². The molecule has 0 fully saturated rings. The molecule has 1 atom stereocenters. The smallest absolute Gasteiger partial charge is 0.339 e. The molecule has 3 aromatic carbocycles. The first kappa shape index (κ1) is 30.4. The van der Waals surface area contributed by atoms with E-state index < -0.39 is 12.1 Å². The van der Waals surface area contributed by atoms with E-state index in [1.807, 2.05) is 67.5 Å². The number of rotatable bonds is 12. The van der Waals surface area contributed by atoms with Crippen molar-refractivity contribution in [2.24, 2.45) is 0 Å². The highest BCUT2D eigenvalue weighted by molar-refractivity contribution is 5.92. The minimum absolute atomic E-state index is 0. The Labute approximate surface area is 219 Å². The summed E-state index contributed by atoms with van der Waals surface area (Å²) >= 11 is 0. The zero-order valence-corrected chi connectivity index (χ0v) is 21.6. The molecule has 0 aliphatic carbocycles. The van der Waals surface area contributed by atoms with Gasteiger partial charge in [-0.15, -0.1) is 24.8 Å². The van der Waals surface area contributed by atoms with Crippen molar-refractivity contribution in [1.82, 2.24) is 10.2 Å². The molecule has 8 heteroatoms. The number of nitrogens with one attached hydrogen (secondary N) is 1. The first-order valence-corrected chi connectivity index (χ1v) is 11.1. The third-order valence-corrected chi connectivity index (χ3v) is 5.41. The Morgan fingerprint density at radius 2 is 1.63 bits per heavy atom. The zero-order chi connectivity index (χ0) is 23.6. The zero-order valence-electron chi connectivity index (χ0n) is 20.0. The molecule has 0 aliphatic rings. The van der Waals surface area contributed by atoms with Crippen molar-refractivity contribution in [3.63, 3.8) is 0 Å². The predicted octanol–water partition coefficient (Wildman–Crippen LogP) is 4.70. The summed E-state index contributed by atoms with van der Waals surface area (Å²) in [6.45, 7) is 2.39. The average Bonchev–Trinajstić information content (AvgIpc) is 2.82. The number of carboxylic acid groups (broad SMARTS) is 1. The summed E-state index contributed by atoms with van der Waals surface area (Å²) in [7, 11) is 3.89. The molecule has 0 aromatic heterocycles. The molecule has 3 aromatic rings. The third-order valence-electron chi connectivity index (χ3n) is 5.41. The fourth-order valence-electron chi connectivity index (χ4n) is 3.46. The summed E-state index contributed by atoms with van der Waals surface area (Å²) in [6.07, 6.45) is 0.329. The number of halogens is 2. The van der Waals surface area contributed by atoms with Gasteiger partial charge in [-0.3, -0.25) is 0 Å². The largest absolute Gasteiger partial charge is 0.491 e. The second kappa shape index (κ2) is 15.4. The van der Waals surface area contributed by atoms with Crippen LogP contribution >= 0.6 is 24.8 Å². The van der Waals surface area contributed by atoms with E-state index in [1.54, 1.807) is 12.1 Å². The molecule has 0 radical (unpaired) electrons. The van der Waals surface area contributed by atoms with E-state index in [-0.39, 0.29) is 30.4 Å².